The Bertz CT molecular complexity index is 885. The van der Waals surface area contributed by atoms with Gasteiger partial charge in [-0.05, 0) is 49.1 Å². The maximum atomic E-state index is 12.8. The third-order valence-electron chi connectivity index (χ3n) is 6.96. The zero-order chi connectivity index (χ0) is 21.0. The van der Waals surface area contributed by atoms with Crippen LogP contribution in [0.15, 0.2) is 54.6 Å². The van der Waals surface area contributed by atoms with Crippen LogP contribution in [0.4, 0.5) is 0 Å². The molecule has 0 unspecified atom stereocenters. The lowest BCUT2D eigenvalue weighted by atomic mass is 9.73. The van der Waals surface area contributed by atoms with Gasteiger partial charge in [0.2, 0.25) is 11.8 Å². The molecule has 2 heterocycles. The maximum absolute atomic E-state index is 12.8. The normalized spacial score (nSPS) is 19.0. The Balaban J connectivity index is 1.32. The fourth-order valence-electron chi connectivity index (χ4n) is 4.96. The summed E-state index contributed by atoms with van der Waals surface area (Å²) in [6.45, 7) is 5.23. The molecule has 4 rings (SSSR count). The number of benzene rings is 2. The molecule has 2 aromatic carbocycles. The van der Waals surface area contributed by atoms with Gasteiger partial charge >= 0.3 is 0 Å². The van der Waals surface area contributed by atoms with Gasteiger partial charge in [0.15, 0.2) is 0 Å². The predicted octanol–water partition coefficient (Wildman–Crippen LogP) is 4.36. The van der Waals surface area contributed by atoms with Crippen molar-refractivity contribution < 1.29 is 9.59 Å². The highest BCUT2D eigenvalue weighted by molar-refractivity contribution is 5.79. The number of carbonyl (C=O) groups excluding carboxylic acids is 2. The summed E-state index contributed by atoms with van der Waals surface area (Å²) < 4.78 is 0. The zero-order valence-electron chi connectivity index (χ0n) is 18.0. The molecule has 0 radical (unpaired) electrons. The first-order valence-corrected chi connectivity index (χ1v) is 11.2. The number of aryl methyl sites for hydroxylation is 1. The van der Waals surface area contributed by atoms with Crippen molar-refractivity contribution in [1.29, 1.82) is 0 Å². The molecule has 2 saturated heterocycles. The molecule has 2 aromatic rings. The van der Waals surface area contributed by atoms with E-state index in [2.05, 4.69) is 31.2 Å². The van der Waals surface area contributed by atoms with Crippen LogP contribution >= 0.6 is 0 Å². The summed E-state index contributed by atoms with van der Waals surface area (Å²) in [5.41, 5.74) is 3.69. The summed E-state index contributed by atoms with van der Waals surface area (Å²) in [6.07, 6.45) is 5.14. The van der Waals surface area contributed by atoms with Crippen LogP contribution in [0.1, 0.15) is 48.8 Å². The summed E-state index contributed by atoms with van der Waals surface area (Å²) in [4.78, 5) is 29.6. The van der Waals surface area contributed by atoms with Crippen molar-refractivity contribution >= 4 is 11.8 Å². The zero-order valence-corrected chi connectivity index (χ0v) is 18.0. The Morgan fingerprint density at radius 1 is 0.900 bits per heavy atom. The lowest BCUT2D eigenvalue weighted by molar-refractivity contribution is -0.133. The van der Waals surface area contributed by atoms with Crippen LogP contribution in [-0.4, -0.2) is 41.2 Å². The first-order chi connectivity index (χ1) is 14.5. The van der Waals surface area contributed by atoms with Crippen LogP contribution in [0.3, 0.4) is 0 Å². The Kier molecular flexibility index (Phi) is 6.21. The van der Waals surface area contributed by atoms with Crippen LogP contribution in [0.25, 0.3) is 0 Å². The maximum Gasteiger partial charge on any atom is 0.226 e. The van der Waals surface area contributed by atoms with Gasteiger partial charge in [-0.15, -0.1) is 0 Å². The molecule has 0 bridgehead atoms. The average Bonchev–Trinajstić information content (AvgIpc) is 2.90. The van der Waals surface area contributed by atoms with Gasteiger partial charge in [0.25, 0.3) is 0 Å². The van der Waals surface area contributed by atoms with E-state index in [1.807, 2.05) is 40.1 Å². The third-order valence-corrected chi connectivity index (χ3v) is 6.96. The van der Waals surface area contributed by atoms with Crippen LogP contribution in [0, 0.1) is 12.3 Å². The number of nitrogens with zero attached hydrogens (tertiary/aromatic N) is 2. The molecule has 1 spiro atoms. The highest BCUT2D eigenvalue weighted by Crippen LogP contribution is 2.41. The lowest BCUT2D eigenvalue weighted by Gasteiger charge is -2.41. The van der Waals surface area contributed by atoms with E-state index in [1.165, 1.54) is 11.1 Å². The summed E-state index contributed by atoms with van der Waals surface area (Å²) in [6, 6.07) is 18.5. The predicted molar refractivity (Wildman–Crippen MR) is 119 cm³/mol. The largest absolute Gasteiger partial charge is 0.342 e. The summed E-state index contributed by atoms with van der Waals surface area (Å²) in [7, 11) is 0. The van der Waals surface area contributed by atoms with Gasteiger partial charge in [0, 0.05) is 32.6 Å². The minimum atomic E-state index is 0.210. The van der Waals surface area contributed by atoms with E-state index >= 15 is 0 Å². The highest BCUT2D eigenvalue weighted by Gasteiger charge is 2.38. The molecular weight excluding hydrogens is 372 g/mol. The van der Waals surface area contributed by atoms with E-state index in [4.69, 9.17) is 0 Å². The Morgan fingerprint density at radius 2 is 1.60 bits per heavy atom. The molecule has 158 valence electrons. The van der Waals surface area contributed by atoms with Crippen molar-refractivity contribution in [1.82, 2.24) is 9.80 Å². The molecule has 2 amide bonds. The number of hydrogen-bond acceptors (Lipinski definition) is 2. The van der Waals surface area contributed by atoms with Crippen LogP contribution in [-0.2, 0) is 22.6 Å². The molecular formula is C26H32N2O2. The number of hydrogen-bond donors (Lipinski definition) is 0. The minimum absolute atomic E-state index is 0.210. The summed E-state index contributed by atoms with van der Waals surface area (Å²) >= 11 is 0. The fraction of sp³-hybridized carbons (Fsp3) is 0.462. The SMILES string of the molecule is Cc1cccc(CC(=O)N2CCC3(CCC(=O)N(Cc4ccccc4)CC3)CC2)c1. The quantitative estimate of drug-likeness (QED) is 0.760. The second-order valence-corrected chi connectivity index (χ2v) is 9.10. The van der Waals surface area contributed by atoms with Crippen molar-refractivity contribution in [3.05, 3.63) is 71.3 Å². The molecule has 0 N–H and O–H groups in total. The molecule has 30 heavy (non-hydrogen) atoms. The molecule has 4 heteroatoms. The van der Waals surface area contributed by atoms with E-state index in [-0.39, 0.29) is 17.2 Å². The number of likely N-dealkylation sites (tertiary alicyclic amines) is 2. The highest BCUT2D eigenvalue weighted by atomic mass is 16.2. The standard InChI is InChI=1S/C26H32N2O2/c1-21-6-5-9-23(18-21)19-25(30)27-15-12-26(13-16-27)11-10-24(29)28(17-14-26)20-22-7-3-2-4-8-22/h2-9,18H,10-17,19-20H2,1H3. The van der Waals surface area contributed by atoms with Gasteiger partial charge in [-0.1, -0.05) is 60.2 Å². The summed E-state index contributed by atoms with van der Waals surface area (Å²) in [5.74, 6) is 0.500. The average molecular weight is 405 g/mol. The van der Waals surface area contributed by atoms with Gasteiger partial charge in [0.05, 0.1) is 6.42 Å². The molecule has 0 saturated carbocycles. The van der Waals surface area contributed by atoms with Crippen molar-refractivity contribution in [2.75, 3.05) is 19.6 Å². The monoisotopic (exact) mass is 404 g/mol. The van der Waals surface area contributed by atoms with Crippen molar-refractivity contribution in [2.45, 2.75) is 52.0 Å². The van der Waals surface area contributed by atoms with Crippen molar-refractivity contribution in [3.63, 3.8) is 0 Å². The van der Waals surface area contributed by atoms with E-state index in [1.54, 1.807) is 0 Å². The Labute approximate surface area is 179 Å². The molecule has 0 atom stereocenters. The third kappa shape index (κ3) is 4.92. The molecule has 0 aliphatic carbocycles. The first-order valence-electron chi connectivity index (χ1n) is 11.2. The number of rotatable bonds is 4. The van der Waals surface area contributed by atoms with Crippen LogP contribution in [0.2, 0.25) is 0 Å². The molecule has 2 fully saturated rings. The molecule has 2 aliphatic rings. The van der Waals surface area contributed by atoms with Crippen molar-refractivity contribution in [2.24, 2.45) is 5.41 Å². The van der Waals surface area contributed by atoms with Gasteiger partial charge < -0.3 is 9.80 Å². The van der Waals surface area contributed by atoms with Gasteiger partial charge in [-0.2, -0.15) is 0 Å². The minimum Gasteiger partial charge on any atom is -0.342 e. The lowest BCUT2D eigenvalue weighted by Crippen LogP contribution is -2.44. The smallest absolute Gasteiger partial charge is 0.226 e. The molecule has 0 aromatic heterocycles. The Morgan fingerprint density at radius 3 is 2.33 bits per heavy atom. The van der Waals surface area contributed by atoms with Crippen LogP contribution < -0.4 is 0 Å². The van der Waals surface area contributed by atoms with E-state index in [0.29, 0.717) is 19.4 Å². The second kappa shape index (κ2) is 9.03. The molecule has 4 nitrogen and oxygen atoms in total. The number of carbonyl (C=O) groups is 2. The number of piperidine rings is 1. The van der Waals surface area contributed by atoms with E-state index in [0.717, 1.165) is 50.9 Å². The fourth-order valence-corrected chi connectivity index (χ4v) is 4.96. The van der Waals surface area contributed by atoms with Gasteiger partial charge in [-0.3, -0.25) is 9.59 Å². The van der Waals surface area contributed by atoms with Crippen LogP contribution in [0.5, 0.6) is 0 Å². The van der Waals surface area contributed by atoms with Crippen molar-refractivity contribution in [3.8, 4) is 0 Å². The Hall–Kier alpha value is -2.62. The first kappa shape index (κ1) is 20.6. The number of amides is 2. The van der Waals surface area contributed by atoms with Gasteiger partial charge in [0.1, 0.15) is 0 Å². The van der Waals surface area contributed by atoms with E-state index in [9.17, 15) is 9.59 Å². The molecule has 2 aliphatic heterocycles. The second-order valence-electron chi connectivity index (χ2n) is 9.10. The summed E-state index contributed by atoms with van der Waals surface area (Å²) in [5, 5.41) is 0. The van der Waals surface area contributed by atoms with Gasteiger partial charge in [-0.25, -0.2) is 0 Å². The topological polar surface area (TPSA) is 40.6 Å². The van der Waals surface area contributed by atoms with E-state index < -0.39 is 0 Å².